The summed E-state index contributed by atoms with van der Waals surface area (Å²) in [7, 11) is 1.64. The van der Waals surface area contributed by atoms with E-state index in [0.29, 0.717) is 49.5 Å². The number of hydrogen-bond acceptors (Lipinski definition) is 9. The standard InChI is InChI=1S/C32H40ClN7O3/c1-22-18-23(2)37-31(33)30(22)32(41)35-13-10-24(3)39-14-11-27(12-15-39)40(21-26-7-5-6-25(19-34)38-26)28-8-9-29(36-20-28)43-17-16-42-4/h5-9,18,20,24,27H,10-17,21H2,1-4H3,(H,35,41)/t24-/m1/s1. The number of anilines is 1. The number of halogens is 1. The Kier molecular flexibility index (Phi) is 11.7. The summed E-state index contributed by atoms with van der Waals surface area (Å²) >= 11 is 6.26. The number of piperidine rings is 1. The molecule has 1 atom stereocenters. The van der Waals surface area contributed by atoms with E-state index in [1.807, 2.05) is 50.4 Å². The average molecular weight is 606 g/mol. The van der Waals surface area contributed by atoms with Crippen LogP contribution in [0.3, 0.4) is 0 Å². The summed E-state index contributed by atoms with van der Waals surface area (Å²) in [6, 6.07) is 14.0. The van der Waals surface area contributed by atoms with Crippen molar-refractivity contribution in [3.63, 3.8) is 0 Å². The SMILES string of the molecule is COCCOc1ccc(N(Cc2cccc(C#N)n2)C2CCN([C@H](C)CCNC(=O)c3c(C)cc(C)nc3Cl)CC2)cn1. The summed E-state index contributed by atoms with van der Waals surface area (Å²) in [4.78, 5) is 30.9. The summed E-state index contributed by atoms with van der Waals surface area (Å²) in [5.41, 5.74) is 4.29. The van der Waals surface area contributed by atoms with E-state index < -0.39 is 0 Å². The molecule has 11 heteroatoms. The van der Waals surface area contributed by atoms with Crippen LogP contribution in [-0.2, 0) is 11.3 Å². The number of methoxy groups -OCH3 is 1. The number of aromatic nitrogens is 3. The Morgan fingerprint density at radius 3 is 2.67 bits per heavy atom. The summed E-state index contributed by atoms with van der Waals surface area (Å²) in [6.45, 7) is 9.88. The minimum Gasteiger partial charge on any atom is -0.475 e. The van der Waals surface area contributed by atoms with Crippen molar-refractivity contribution >= 4 is 23.2 Å². The third-order valence-electron chi connectivity index (χ3n) is 7.78. The predicted octanol–water partition coefficient (Wildman–Crippen LogP) is 4.72. The van der Waals surface area contributed by atoms with Gasteiger partial charge in [0.25, 0.3) is 5.91 Å². The van der Waals surface area contributed by atoms with Gasteiger partial charge in [0.05, 0.1) is 36.3 Å². The summed E-state index contributed by atoms with van der Waals surface area (Å²) in [6.07, 6.45) is 4.59. The molecule has 1 N–H and O–H groups in total. The van der Waals surface area contributed by atoms with Gasteiger partial charge in [-0.1, -0.05) is 17.7 Å². The molecule has 0 unspecified atom stereocenters. The molecule has 43 heavy (non-hydrogen) atoms. The van der Waals surface area contributed by atoms with Gasteiger partial charge in [-0.2, -0.15) is 5.26 Å². The van der Waals surface area contributed by atoms with Crippen molar-refractivity contribution in [2.45, 2.75) is 58.7 Å². The lowest BCUT2D eigenvalue weighted by molar-refractivity contribution is 0.0944. The quantitative estimate of drug-likeness (QED) is 0.218. The lowest BCUT2D eigenvalue weighted by Crippen LogP contribution is -2.48. The molecule has 1 amide bonds. The number of nitrogens with one attached hydrogen (secondary N) is 1. The van der Waals surface area contributed by atoms with Crippen LogP contribution in [0.15, 0.2) is 42.6 Å². The number of nitrogens with zero attached hydrogens (tertiary/aromatic N) is 6. The maximum atomic E-state index is 12.8. The highest BCUT2D eigenvalue weighted by Crippen LogP contribution is 2.27. The number of likely N-dealkylation sites (tertiary alicyclic amines) is 1. The van der Waals surface area contributed by atoms with Gasteiger partial charge in [-0.05, 0) is 69.9 Å². The molecule has 228 valence electrons. The molecular weight excluding hydrogens is 566 g/mol. The smallest absolute Gasteiger partial charge is 0.254 e. The second-order valence-corrected chi connectivity index (χ2v) is 11.2. The highest BCUT2D eigenvalue weighted by Gasteiger charge is 2.28. The van der Waals surface area contributed by atoms with Crippen molar-refractivity contribution in [1.29, 1.82) is 5.26 Å². The monoisotopic (exact) mass is 605 g/mol. The molecule has 0 spiro atoms. The number of carbonyl (C=O) groups excluding carboxylic acids is 1. The molecule has 0 aliphatic carbocycles. The van der Waals surface area contributed by atoms with E-state index in [1.165, 1.54) is 0 Å². The first kappa shape index (κ1) is 32.1. The van der Waals surface area contributed by atoms with Crippen molar-refractivity contribution in [3.8, 4) is 11.9 Å². The van der Waals surface area contributed by atoms with Crippen LogP contribution in [0.1, 0.15) is 59.2 Å². The number of pyridine rings is 3. The summed E-state index contributed by atoms with van der Waals surface area (Å²) in [5, 5.41) is 12.6. The molecule has 3 aromatic rings. The van der Waals surface area contributed by atoms with Crippen LogP contribution in [0.5, 0.6) is 5.88 Å². The number of rotatable bonds is 13. The zero-order valence-electron chi connectivity index (χ0n) is 25.3. The van der Waals surface area contributed by atoms with Gasteiger partial charge in [0.15, 0.2) is 0 Å². The summed E-state index contributed by atoms with van der Waals surface area (Å²) < 4.78 is 10.7. The van der Waals surface area contributed by atoms with Gasteiger partial charge >= 0.3 is 0 Å². The number of ether oxygens (including phenoxy) is 2. The largest absolute Gasteiger partial charge is 0.475 e. The van der Waals surface area contributed by atoms with Crippen molar-refractivity contribution in [2.24, 2.45) is 0 Å². The Balaban J connectivity index is 1.36. The van der Waals surface area contributed by atoms with E-state index in [4.69, 9.17) is 21.1 Å². The Hall–Kier alpha value is -3.78. The van der Waals surface area contributed by atoms with Crippen molar-refractivity contribution < 1.29 is 14.3 Å². The first-order chi connectivity index (χ1) is 20.8. The van der Waals surface area contributed by atoms with Crippen LogP contribution in [-0.4, -0.2) is 77.8 Å². The van der Waals surface area contributed by atoms with Crippen LogP contribution >= 0.6 is 11.6 Å². The van der Waals surface area contributed by atoms with Gasteiger partial charge in [-0.25, -0.2) is 15.0 Å². The Bertz CT molecular complexity index is 1380. The van der Waals surface area contributed by atoms with Crippen LogP contribution in [0.4, 0.5) is 5.69 Å². The van der Waals surface area contributed by atoms with Crippen LogP contribution in [0, 0.1) is 25.2 Å². The number of nitriles is 1. The number of hydrogen-bond donors (Lipinski definition) is 1. The van der Waals surface area contributed by atoms with Gasteiger partial charge in [-0.3, -0.25) is 4.79 Å². The predicted molar refractivity (Wildman–Crippen MR) is 166 cm³/mol. The highest BCUT2D eigenvalue weighted by atomic mass is 35.5. The van der Waals surface area contributed by atoms with E-state index >= 15 is 0 Å². The maximum Gasteiger partial charge on any atom is 0.254 e. The van der Waals surface area contributed by atoms with E-state index in [-0.39, 0.29) is 17.1 Å². The number of carbonyl (C=O) groups is 1. The molecule has 4 rings (SSSR count). The van der Waals surface area contributed by atoms with E-state index in [2.05, 4.69) is 43.1 Å². The van der Waals surface area contributed by atoms with Gasteiger partial charge in [0.1, 0.15) is 23.5 Å². The van der Waals surface area contributed by atoms with E-state index in [1.54, 1.807) is 13.2 Å². The van der Waals surface area contributed by atoms with Crippen molar-refractivity contribution in [1.82, 2.24) is 25.2 Å². The average Bonchev–Trinajstić information content (AvgIpc) is 3.00. The third-order valence-corrected chi connectivity index (χ3v) is 8.06. The molecule has 0 saturated carbocycles. The van der Waals surface area contributed by atoms with E-state index in [0.717, 1.165) is 55.0 Å². The number of amides is 1. The van der Waals surface area contributed by atoms with Gasteiger partial charge < -0.3 is 24.6 Å². The third kappa shape index (κ3) is 8.86. The van der Waals surface area contributed by atoms with Gasteiger partial charge in [0.2, 0.25) is 5.88 Å². The Morgan fingerprint density at radius 1 is 1.21 bits per heavy atom. The zero-order chi connectivity index (χ0) is 30.8. The zero-order valence-corrected chi connectivity index (χ0v) is 26.1. The maximum absolute atomic E-state index is 12.8. The molecule has 0 aromatic carbocycles. The van der Waals surface area contributed by atoms with Crippen LogP contribution in [0.2, 0.25) is 5.15 Å². The normalized spacial score (nSPS) is 14.6. The molecule has 3 aromatic heterocycles. The lowest BCUT2D eigenvalue weighted by atomic mass is 10.00. The Morgan fingerprint density at radius 2 is 2.00 bits per heavy atom. The number of aryl methyl sites for hydroxylation is 2. The van der Waals surface area contributed by atoms with Crippen LogP contribution in [0.25, 0.3) is 0 Å². The first-order valence-electron chi connectivity index (χ1n) is 14.7. The van der Waals surface area contributed by atoms with Crippen molar-refractivity contribution in [2.75, 3.05) is 44.9 Å². The molecule has 1 saturated heterocycles. The molecular formula is C32H40ClN7O3. The second-order valence-electron chi connectivity index (χ2n) is 10.9. The molecule has 1 aliphatic heterocycles. The second kappa shape index (κ2) is 15.6. The lowest BCUT2D eigenvalue weighted by Gasteiger charge is -2.41. The van der Waals surface area contributed by atoms with Crippen LogP contribution < -0.4 is 15.0 Å². The molecule has 4 heterocycles. The fourth-order valence-electron chi connectivity index (χ4n) is 5.46. The molecule has 1 fully saturated rings. The Labute approximate surface area is 259 Å². The fraction of sp³-hybridized carbons (Fsp3) is 0.469. The fourth-order valence-corrected chi connectivity index (χ4v) is 5.83. The van der Waals surface area contributed by atoms with Crippen molar-refractivity contribution in [3.05, 3.63) is 76.0 Å². The summed E-state index contributed by atoms with van der Waals surface area (Å²) in [5.74, 6) is 0.367. The first-order valence-corrected chi connectivity index (χ1v) is 15.0. The minimum atomic E-state index is -0.186. The topological polar surface area (TPSA) is 116 Å². The minimum absolute atomic E-state index is 0.186. The molecule has 1 aliphatic rings. The van der Waals surface area contributed by atoms with Gasteiger partial charge in [0, 0.05) is 50.6 Å². The highest BCUT2D eigenvalue weighted by molar-refractivity contribution is 6.32. The molecule has 0 bridgehead atoms. The molecule has 10 nitrogen and oxygen atoms in total. The van der Waals surface area contributed by atoms with E-state index in [9.17, 15) is 10.1 Å². The van der Waals surface area contributed by atoms with Gasteiger partial charge in [-0.15, -0.1) is 0 Å². The molecule has 0 radical (unpaired) electrons.